The SMILES string of the molecule is O.O.O.O.O.O.O.O.[Co+3].[Co+3].[Cr+5].[Mo].[Mo].[Mo].[Mo].[Mo].[Mo].[O-2].[O-2].[O-2].[O-2].[O-2].[O-2].[O-2].[O-2].[O-2].[O-2].[O-2].[O-2].[O-2].[O-2].[O-2].[O-2].[O-2].[O-2].[O-2].[O-2].[OH-].[OH-].[OH-].[OH-].[OH3+].[OH3+].[OH3+].[OH3+].[OH3+].[OH3+].c1ccc(-c2nc(-c3ncn[nH]3)n[n-]2)nc1.c1ccc(-c2nc(-c3ncn[nH]3)n[n-]2)nc1. The van der Waals surface area contributed by atoms with Crippen molar-refractivity contribution in [2.75, 3.05) is 0 Å². The summed E-state index contributed by atoms with van der Waals surface area (Å²) in [5, 5.41) is 28.4. The number of aromatic nitrogens is 14. The van der Waals surface area contributed by atoms with Gasteiger partial charge < -0.3 is 228 Å². The van der Waals surface area contributed by atoms with Crippen LogP contribution in [-0.4, -0.2) is 126 Å². The van der Waals surface area contributed by atoms with Crippen molar-refractivity contribution < 1.29 is 385 Å². The minimum Gasteiger partial charge on any atom is -2.00 e. The molecule has 79 heavy (non-hydrogen) atoms. The summed E-state index contributed by atoms with van der Waals surface area (Å²) in [7, 11) is 0. The van der Waals surface area contributed by atoms with E-state index in [1.807, 2.05) is 36.4 Å². The molecule has 0 aliphatic rings. The first-order valence-corrected chi connectivity index (χ1v) is 9.16. The number of pyridine rings is 2. The van der Waals surface area contributed by atoms with Crippen LogP contribution in [0.15, 0.2) is 61.4 Å². The maximum atomic E-state index is 4.20. The Balaban J connectivity index is -0.00000000502. The van der Waals surface area contributed by atoms with Gasteiger partial charge in [-0.15, -0.1) is 0 Å². The van der Waals surface area contributed by atoms with E-state index in [0.717, 1.165) is 0 Å². The Bertz CT molecular complexity index is 1370. The van der Waals surface area contributed by atoms with E-state index in [1.165, 1.54) is 12.7 Å². The Hall–Kier alpha value is -0.985. The van der Waals surface area contributed by atoms with Gasteiger partial charge in [0, 0.05) is 139 Å². The van der Waals surface area contributed by atoms with Gasteiger partial charge in [0.1, 0.15) is 12.7 Å². The topological polar surface area (TPSA) is 1330 Å². The van der Waals surface area contributed by atoms with Gasteiger partial charge in [-0.2, -0.15) is 10.2 Å². The van der Waals surface area contributed by atoms with Gasteiger partial charge in [0.05, 0.1) is 23.0 Å². The monoisotopic (exact) mass is 1830 g/mol. The summed E-state index contributed by atoms with van der Waals surface area (Å²) in [6.45, 7) is 0. The van der Waals surface area contributed by atoms with E-state index in [1.54, 1.807) is 12.4 Å². The summed E-state index contributed by atoms with van der Waals surface area (Å²) in [6, 6.07) is 11.0. The molecule has 40 N–H and O–H groups in total. The molecule has 6 rings (SSSR count). The quantitative estimate of drug-likeness (QED) is 0.122. The van der Waals surface area contributed by atoms with Crippen LogP contribution in [0.5, 0.6) is 0 Å². The minimum atomic E-state index is 0. The molecule has 0 atom stereocenters. The van der Waals surface area contributed by atoms with Gasteiger partial charge >= 0.3 is 50.9 Å². The average Bonchev–Trinajstić information content (AvgIpc) is 3.67. The molecule has 0 aliphatic heterocycles. The van der Waals surface area contributed by atoms with E-state index in [9.17, 15) is 0 Å². The molecule has 6 aromatic rings. The predicted molar refractivity (Wildman–Crippen MR) is 188 cm³/mol. The zero-order chi connectivity index (χ0) is 21.6. The summed E-state index contributed by atoms with van der Waals surface area (Å²) >= 11 is 0. The Morgan fingerprint density at radius 3 is 0.684 bits per heavy atom. The molecule has 52 nitrogen and oxygen atoms in total. The van der Waals surface area contributed by atoms with Crippen molar-refractivity contribution in [2.24, 2.45) is 0 Å². The molecule has 0 amide bonds. The number of hydrogen-bond acceptors (Lipinski definition) is 14. The zero-order valence-corrected chi connectivity index (χ0v) is 52.5. The maximum absolute atomic E-state index is 4.20. The summed E-state index contributed by atoms with van der Waals surface area (Å²) in [5.41, 5.74) is 1.36. The fraction of sp³-hybridized carbons (Fsp3) is 0. The third-order valence-corrected chi connectivity index (χ3v) is 3.94. The summed E-state index contributed by atoms with van der Waals surface area (Å²) in [4.78, 5) is 24.6. The third kappa shape index (κ3) is 109. The Kier molecular flexibility index (Phi) is 962. The molecule has 0 spiro atoms. The summed E-state index contributed by atoms with van der Waals surface area (Å²) in [5.74, 6) is 2.78. The van der Waals surface area contributed by atoms with Crippen LogP contribution in [0.4, 0.5) is 0 Å². The molecular weight excluding hydrogens is 1770 g/mol. The second-order valence-electron chi connectivity index (χ2n) is 6.02. The van der Waals surface area contributed by atoms with Gasteiger partial charge in [0.2, 0.25) is 0 Å². The van der Waals surface area contributed by atoms with Gasteiger partial charge in [0.25, 0.3) is 0 Å². The number of nitrogens with one attached hydrogen (secondary N) is 2. The van der Waals surface area contributed by atoms with Crippen LogP contribution in [0, 0.1) is 0 Å². The van der Waals surface area contributed by atoms with Gasteiger partial charge in [-0.05, 0) is 35.9 Å². The second kappa shape index (κ2) is 201. The first-order chi connectivity index (χ1) is 15.9. The molecule has 1 radical (unpaired) electrons. The predicted octanol–water partition coefficient (Wildman–Crippen LogP) is -14.7. The molecule has 6 heterocycles. The molecule has 61 heteroatoms. The average molecular weight is 1820 g/mol. The van der Waals surface area contributed by atoms with Gasteiger partial charge in [-0.1, -0.05) is 12.1 Å². The molecule has 0 bridgehead atoms. The van der Waals surface area contributed by atoms with Crippen molar-refractivity contribution in [3.8, 4) is 46.3 Å². The van der Waals surface area contributed by atoms with Crippen molar-refractivity contribution in [3.05, 3.63) is 61.4 Å². The summed E-state index contributed by atoms with van der Waals surface area (Å²) < 4.78 is 0. The third-order valence-electron chi connectivity index (χ3n) is 3.94. The van der Waals surface area contributed by atoms with Crippen LogP contribution in [0.25, 0.3) is 46.3 Å². The molecule has 0 unspecified atom stereocenters. The van der Waals surface area contributed by atoms with Crippen LogP contribution in [-0.2, 0) is 320 Å². The zero-order valence-electron chi connectivity index (χ0n) is 37.1. The number of H-pyrrole nitrogens is 2. The Morgan fingerprint density at radius 2 is 0.532 bits per heavy atom. The normalized spacial score (nSPS) is 4.25. The molecule has 0 saturated carbocycles. The first kappa shape index (κ1) is 377. The number of nitrogens with zero attached hydrogens (tertiary/aromatic N) is 12. The van der Waals surface area contributed by atoms with Crippen LogP contribution >= 0.6 is 0 Å². The first-order valence-electron chi connectivity index (χ1n) is 9.16. The van der Waals surface area contributed by atoms with E-state index < -0.39 is 0 Å². The van der Waals surface area contributed by atoms with Crippen molar-refractivity contribution in [3.63, 3.8) is 0 Å². The Labute approximate surface area is 559 Å². The molecule has 509 valence electrons. The number of rotatable bonds is 4. The standard InChI is InChI=1S/2C9H6N7.2Co.Cr.6Mo.18H2O.20O/c2*1-2-4-10-6(3-1)7-13-9(16-15-7)8-11-5-12-14-8;;;;;;;;;;;;;;;;;;;;;;;;;;;;;;;;;;;;;;;;;;;;;;;/h2*1-5H,(H-,11,12,13,14,15,16);;;;;;;;;;18*1H2;;;;;;;;;;;;;;;;;;;;/q2*-1;2*+3;+5;;;;;;;;;;;;;;;;;;;;;;;;;20*-2/p+2. The molecule has 0 fully saturated rings. The molecule has 0 aliphatic carbocycles. The molecular formula is C18H50Co2CrMo6N14O38-29. The summed E-state index contributed by atoms with van der Waals surface area (Å²) in [6.07, 6.45) is 6.15. The van der Waals surface area contributed by atoms with E-state index in [0.29, 0.717) is 46.3 Å². The van der Waals surface area contributed by atoms with Gasteiger partial charge in [-0.25, -0.2) is 9.97 Å². The van der Waals surface area contributed by atoms with Crippen LogP contribution < -0.4 is 10.2 Å². The van der Waals surface area contributed by atoms with Crippen molar-refractivity contribution in [1.82, 2.24) is 70.7 Å². The second-order valence-corrected chi connectivity index (χ2v) is 6.02. The van der Waals surface area contributed by atoms with Crippen molar-refractivity contribution >= 4 is 0 Å². The fourth-order valence-electron chi connectivity index (χ4n) is 2.51. The molecule has 6 aromatic heterocycles. The van der Waals surface area contributed by atoms with Crippen LogP contribution in [0.2, 0.25) is 0 Å². The van der Waals surface area contributed by atoms with Gasteiger partial charge in [-0.3, -0.25) is 30.4 Å². The van der Waals surface area contributed by atoms with E-state index in [2.05, 4.69) is 70.7 Å². The van der Waals surface area contributed by atoms with Crippen LogP contribution in [0.1, 0.15) is 0 Å². The van der Waals surface area contributed by atoms with Crippen LogP contribution in [0.3, 0.4) is 0 Å². The fourth-order valence-corrected chi connectivity index (χ4v) is 2.51. The largest absolute Gasteiger partial charge is 5.00 e. The van der Waals surface area contributed by atoms with E-state index in [-0.39, 0.29) is 385 Å². The maximum Gasteiger partial charge on any atom is 5.00 e. The van der Waals surface area contributed by atoms with Crippen molar-refractivity contribution in [2.45, 2.75) is 0 Å². The number of aromatic amines is 2. The Morgan fingerprint density at radius 1 is 0.329 bits per heavy atom. The minimum absolute atomic E-state index is 0. The smallest absolute Gasteiger partial charge is 2.00 e. The molecule has 0 saturated heterocycles. The van der Waals surface area contributed by atoms with E-state index in [4.69, 9.17) is 0 Å². The number of hydrogen-bond donors (Lipinski definition) is 2. The molecule has 0 aromatic carbocycles. The van der Waals surface area contributed by atoms with E-state index >= 15 is 0 Å². The van der Waals surface area contributed by atoms with Crippen molar-refractivity contribution in [1.29, 1.82) is 0 Å². The van der Waals surface area contributed by atoms with Gasteiger partial charge in [0.15, 0.2) is 11.6 Å².